The maximum absolute atomic E-state index is 14.1. The van der Waals surface area contributed by atoms with Crippen LogP contribution in [0, 0.1) is 5.41 Å². The smallest absolute Gasteiger partial charge is 0.348 e. The Morgan fingerprint density at radius 2 is 1.19 bits per heavy atom. The first-order valence-corrected chi connectivity index (χ1v) is 18.2. The summed E-state index contributed by atoms with van der Waals surface area (Å²) < 4.78 is 112. The summed E-state index contributed by atoms with van der Waals surface area (Å²) in [5.74, 6) is -1.29. The van der Waals surface area contributed by atoms with Crippen LogP contribution in [-0.2, 0) is 33.1 Å². The quantitative estimate of drug-likeness (QED) is 0.247. The normalized spacial score (nSPS) is 21.4. The predicted octanol–water partition coefficient (Wildman–Crippen LogP) is 7.24. The molecule has 43 heavy (non-hydrogen) atoms. The van der Waals surface area contributed by atoms with Crippen LogP contribution in [0.1, 0.15) is 39.5 Å². The van der Waals surface area contributed by atoms with Crippen LogP contribution in [-0.4, -0.2) is 46.6 Å². The van der Waals surface area contributed by atoms with Gasteiger partial charge in [-0.15, -0.1) is 0 Å². The summed E-state index contributed by atoms with van der Waals surface area (Å²) >= 11 is 0. The van der Waals surface area contributed by atoms with Gasteiger partial charge in [0, 0.05) is 26.5 Å². The first-order chi connectivity index (χ1) is 20.1. The van der Waals surface area contributed by atoms with Crippen molar-refractivity contribution in [1.82, 2.24) is 0 Å². The number of ether oxygens (including phenoxy) is 2. The van der Waals surface area contributed by atoms with Crippen molar-refractivity contribution in [2.24, 2.45) is 5.41 Å². The summed E-state index contributed by atoms with van der Waals surface area (Å²) in [5, 5.41) is -0.988. The zero-order valence-corrected chi connectivity index (χ0v) is 26.1. The van der Waals surface area contributed by atoms with E-state index >= 15 is 0 Å². The molecule has 1 saturated carbocycles. The number of halogens is 3. The molecule has 0 radical (unpaired) electrons. The van der Waals surface area contributed by atoms with Crippen molar-refractivity contribution in [1.29, 1.82) is 0 Å². The molecule has 1 heterocycles. The number of hydrogen-bond acceptors (Lipinski definition) is 7. The fraction of sp³-hybridized carbons (Fsp3) is 0.400. The lowest BCUT2D eigenvalue weighted by atomic mass is 9.89. The van der Waals surface area contributed by atoms with E-state index in [4.69, 9.17) is 13.1 Å². The molecule has 2 aliphatic rings. The number of hydrogen-bond donors (Lipinski definition) is 0. The van der Waals surface area contributed by atoms with Crippen LogP contribution in [0.2, 0.25) is 0 Å². The molecule has 13 heteroatoms. The highest BCUT2D eigenvalue weighted by molar-refractivity contribution is 8.33. The molecule has 0 amide bonds. The second kappa shape index (κ2) is 11.5. The second-order valence-electron chi connectivity index (χ2n) is 11.5. The molecule has 0 aromatic heterocycles. The molecule has 0 N–H and O–H groups in total. The van der Waals surface area contributed by atoms with Crippen molar-refractivity contribution in [3.63, 3.8) is 0 Å². The summed E-state index contributed by atoms with van der Waals surface area (Å²) in [6.07, 6.45) is 2.15. The lowest BCUT2D eigenvalue weighted by molar-refractivity contribution is -0.307. The third-order valence-electron chi connectivity index (χ3n) is 7.63. The molecule has 2 fully saturated rings. The monoisotopic (exact) mass is 658 g/mol. The minimum atomic E-state index is -6.10. The van der Waals surface area contributed by atoms with Gasteiger partial charge in [0.05, 0.1) is 18.1 Å². The van der Waals surface area contributed by atoms with Gasteiger partial charge in [0.15, 0.2) is 15.6 Å². The maximum Gasteiger partial charge on any atom is 0.524 e. The fourth-order valence-corrected chi connectivity index (χ4v) is 12.2. The average molecular weight is 659 g/mol. The van der Waals surface area contributed by atoms with Gasteiger partial charge in [-0.3, -0.25) is 0 Å². The molecular formula is C30H33F3O7S3. The summed E-state index contributed by atoms with van der Waals surface area (Å²) in [4.78, 5) is 0.361. The summed E-state index contributed by atoms with van der Waals surface area (Å²) in [5.41, 5.74) is -5.96. The van der Waals surface area contributed by atoms with Crippen LogP contribution in [0.4, 0.5) is 13.2 Å². The zero-order valence-electron chi connectivity index (χ0n) is 23.6. The Balaban J connectivity index is 1.62. The van der Waals surface area contributed by atoms with E-state index in [1.807, 2.05) is 13.8 Å². The van der Waals surface area contributed by atoms with E-state index in [9.17, 15) is 30.0 Å². The summed E-state index contributed by atoms with van der Waals surface area (Å²) in [7, 11) is -13.7. The van der Waals surface area contributed by atoms with Gasteiger partial charge in [0.1, 0.15) is 5.25 Å². The van der Waals surface area contributed by atoms with Crippen molar-refractivity contribution in [2.75, 3.05) is 13.2 Å². The lowest BCUT2D eigenvalue weighted by Crippen LogP contribution is -2.58. The number of alkyl halides is 3. The minimum absolute atomic E-state index is 0.0712. The minimum Gasteiger partial charge on any atom is -0.348 e. The Morgan fingerprint density at radius 3 is 1.67 bits per heavy atom. The van der Waals surface area contributed by atoms with Crippen molar-refractivity contribution < 1.29 is 43.1 Å². The van der Waals surface area contributed by atoms with E-state index in [1.54, 1.807) is 36.4 Å². The van der Waals surface area contributed by atoms with E-state index in [0.717, 1.165) is 6.42 Å². The fourth-order valence-electron chi connectivity index (χ4n) is 5.43. The molecule has 7 nitrogen and oxygen atoms in total. The highest BCUT2D eigenvalue weighted by atomic mass is 32.3. The van der Waals surface area contributed by atoms with Crippen LogP contribution in [0.3, 0.4) is 0 Å². The van der Waals surface area contributed by atoms with Gasteiger partial charge in [-0.05, 0) is 71.7 Å². The zero-order chi connectivity index (χ0) is 31.2. The highest BCUT2D eigenvalue weighted by Crippen LogP contribution is 2.70. The Labute approximate surface area is 251 Å². The standard InChI is InChI=1S/C30H33F3O7S3/c1-28(2)21-38-29(39-22-28)20-10-9-15-27(29)42(34,35)26-18-16-25(17-19-26)41(23-11-5-3-6-12-23,24-13-7-4-8-14-24)40-43(36,37)30(31,32)33/h3-8,11-14,16-19,27H,9-10,15,20-22H2,1-2H3. The van der Waals surface area contributed by atoms with Crippen LogP contribution in [0.5, 0.6) is 0 Å². The molecule has 0 bridgehead atoms. The van der Waals surface area contributed by atoms with Gasteiger partial charge in [0.25, 0.3) is 0 Å². The Morgan fingerprint density at radius 1 is 0.721 bits per heavy atom. The Bertz CT molecular complexity index is 1590. The van der Waals surface area contributed by atoms with E-state index in [1.165, 1.54) is 48.5 Å². The third-order valence-corrected chi connectivity index (χ3v) is 14.8. The van der Waals surface area contributed by atoms with E-state index in [0.29, 0.717) is 32.5 Å². The number of benzene rings is 3. The van der Waals surface area contributed by atoms with Crippen LogP contribution < -0.4 is 0 Å². The van der Waals surface area contributed by atoms with Crippen molar-refractivity contribution in [2.45, 2.75) is 75.7 Å². The summed E-state index contributed by atoms with van der Waals surface area (Å²) in [6, 6.07) is 20.7. The van der Waals surface area contributed by atoms with Crippen molar-refractivity contribution >= 4 is 30.3 Å². The van der Waals surface area contributed by atoms with Gasteiger partial charge in [-0.2, -0.15) is 25.2 Å². The molecule has 5 rings (SSSR count). The van der Waals surface area contributed by atoms with Crippen molar-refractivity contribution in [3.8, 4) is 0 Å². The molecular weight excluding hydrogens is 626 g/mol. The topological polar surface area (TPSA) is 96.0 Å². The van der Waals surface area contributed by atoms with Gasteiger partial charge in [0.2, 0.25) is 0 Å². The Hall–Kier alpha value is -2.42. The van der Waals surface area contributed by atoms with Crippen LogP contribution >= 0.6 is 10.3 Å². The van der Waals surface area contributed by atoms with Gasteiger partial charge >= 0.3 is 15.6 Å². The molecule has 1 atom stereocenters. The maximum atomic E-state index is 14.1. The molecule has 234 valence electrons. The molecule has 1 aliphatic carbocycles. The number of rotatable bonds is 7. The third kappa shape index (κ3) is 5.99. The molecule has 1 aliphatic heterocycles. The highest BCUT2D eigenvalue weighted by Gasteiger charge is 2.54. The predicted molar refractivity (Wildman–Crippen MR) is 156 cm³/mol. The van der Waals surface area contributed by atoms with Gasteiger partial charge in [-0.1, -0.05) is 56.7 Å². The second-order valence-corrected chi connectivity index (χ2v) is 18.0. The largest absolute Gasteiger partial charge is 0.524 e. The van der Waals surface area contributed by atoms with E-state index < -0.39 is 46.8 Å². The van der Waals surface area contributed by atoms with Gasteiger partial charge in [-0.25, -0.2) is 8.42 Å². The van der Waals surface area contributed by atoms with Gasteiger partial charge < -0.3 is 9.47 Å². The van der Waals surface area contributed by atoms with Crippen molar-refractivity contribution in [3.05, 3.63) is 84.9 Å². The molecule has 1 saturated heterocycles. The average Bonchev–Trinajstić information content (AvgIpc) is 2.98. The summed E-state index contributed by atoms with van der Waals surface area (Å²) in [6.45, 7) is 4.62. The Kier molecular flexibility index (Phi) is 8.55. The lowest BCUT2D eigenvalue weighted by Gasteiger charge is -2.49. The van der Waals surface area contributed by atoms with Crippen LogP contribution in [0.25, 0.3) is 0 Å². The van der Waals surface area contributed by atoms with Crippen LogP contribution in [0.15, 0.2) is 105 Å². The molecule has 3 aromatic carbocycles. The van der Waals surface area contributed by atoms with E-state index in [-0.39, 0.29) is 25.0 Å². The first-order valence-electron chi connectivity index (χ1n) is 13.7. The SMILES string of the molecule is CC1(C)COC2(CCCCC2S(=O)(=O)c2ccc(S(OS(=O)(=O)C(F)(F)F)(c3ccccc3)c3ccccc3)cc2)OC1. The van der Waals surface area contributed by atoms with E-state index in [2.05, 4.69) is 0 Å². The number of sulfone groups is 1. The first kappa shape index (κ1) is 32.0. The molecule has 1 unspecified atom stereocenters. The molecule has 1 spiro atoms. The molecule has 3 aromatic rings.